The third kappa shape index (κ3) is 1.87. The van der Waals surface area contributed by atoms with Gasteiger partial charge in [-0.05, 0) is 18.7 Å². The van der Waals surface area contributed by atoms with E-state index in [0.29, 0.717) is 10.8 Å². The molecule has 2 rings (SSSR count). The Balaban J connectivity index is 2.80. The van der Waals surface area contributed by atoms with E-state index in [9.17, 15) is 4.79 Å². The van der Waals surface area contributed by atoms with Crippen molar-refractivity contribution in [3.63, 3.8) is 0 Å². The van der Waals surface area contributed by atoms with Crippen molar-refractivity contribution >= 4 is 22.8 Å². The lowest BCUT2D eigenvalue weighted by Gasteiger charge is -2.04. The van der Waals surface area contributed by atoms with Gasteiger partial charge in [-0.15, -0.1) is 0 Å². The third-order valence-electron chi connectivity index (χ3n) is 2.16. The van der Waals surface area contributed by atoms with E-state index >= 15 is 0 Å². The van der Waals surface area contributed by atoms with Gasteiger partial charge in [0.1, 0.15) is 5.65 Å². The zero-order chi connectivity index (χ0) is 10.8. The average molecular weight is 221 g/mol. The monoisotopic (exact) mass is 221 g/mol. The number of aromatic nitrogens is 3. The summed E-state index contributed by atoms with van der Waals surface area (Å²) in [5, 5.41) is 1.62. The molecule has 78 valence electrons. The Bertz CT molecular complexity index is 550. The number of aromatic amines is 1. The topological polar surface area (TPSA) is 58.6 Å². The van der Waals surface area contributed by atoms with Crippen molar-refractivity contribution in [3.8, 4) is 0 Å². The van der Waals surface area contributed by atoms with Crippen LogP contribution in [0.25, 0.3) is 11.0 Å². The molecule has 0 aliphatic rings. The van der Waals surface area contributed by atoms with Crippen molar-refractivity contribution in [1.82, 2.24) is 15.0 Å². The van der Waals surface area contributed by atoms with E-state index in [1.165, 1.54) is 17.8 Å². The van der Waals surface area contributed by atoms with Crippen LogP contribution >= 0.6 is 11.8 Å². The molecule has 0 fully saturated rings. The van der Waals surface area contributed by atoms with Gasteiger partial charge in [0.15, 0.2) is 5.16 Å². The van der Waals surface area contributed by atoms with Gasteiger partial charge in [0.2, 0.25) is 5.56 Å². The highest BCUT2D eigenvalue weighted by Gasteiger charge is 2.05. The van der Waals surface area contributed by atoms with Crippen LogP contribution in [0.4, 0.5) is 0 Å². The summed E-state index contributed by atoms with van der Waals surface area (Å²) in [6.45, 7) is 2.04. The van der Waals surface area contributed by atoms with Gasteiger partial charge in [-0.1, -0.05) is 18.7 Å². The summed E-state index contributed by atoms with van der Waals surface area (Å²) in [5.41, 5.74) is 1.47. The molecule has 0 aliphatic carbocycles. The number of thioether (sulfide) groups is 1. The first-order chi connectivity index (χ1) is 7.24. The van der Waals surface area contributed by atoms with Crippen LogP contribution in [0.1, 0.15) is 12.6 Å². The highest BCUT2D eigenvalue weighted by atomic mass is 32.2. The number of hydrogen-bond acceptors (Lipinski definition) is 4. The molecule has 0 unspecified atom stereocenters. The normalized spacial score (nSPS) is 10.8. The number of fused-ring (bicyclic) bond motifs is 1. The molecule has 2 aromatic rings. The molecule has 0 spiro atoms. The van der Waals surface area contributed by atoms with Gasteiger partial charge in [0.05, 0.1) is 5.69 Å². The van der Waals surface area contributed by atoms with E-state index in [1.807, 2.05) is 13.2 Å². The minimum atomic E-state index is -0.129. The standard InChI is InChI=1S/C10H11N3OS/c1-3-7-6-4-5-8(14)12-9(6)13-10(11-7)15-2/h4-5H,3H2,1-2H3,(H,11,12,13,14). The van der Waals surface area contributed by atoms with Crippen LogP contribution in [0.15, 0.2) is 22.1 Å². The summed E-state index contributed by atoms with van der Waals surface area (Å²) < 4.78 is 0. The number of pyridine rings is 1. The summed E-state index contributed by atoms with van der Waals surface area (Å²) in [5.74, 6) is 0. The first kappa shape index (κ1) is 10.2. The van der Waals surface area contributed by atoms with Gasteiger partial charge < -0.3 is 4.98 Å². The van der Waals surface area contributed by atoms with Crippen LogP contribution < -0.4 is 5.56 Å². The SMILES string of the molecule is CCc1nc(SC)nc2[nH]c(=O)ccc12. The van der Waals surface area contributed by atoms with E-state index in [1.54, 1.807) is 6.07 Å². The molecule has 0 radical (unpaired) electrons. The van der Waals surface area contributed by atoms with Crippen molar-refractivity contribution in [1.29, 1.82) is 0 Å². The molecule has 0 atom stereocenters. The summed E-state index contributed by atoms with van der Waals surface area (Å²) in [6.07, 6.45) is 2.75. The van der Waals surface area contributed by atoms with Gasteiger partial charge >= 0.3 is 0 Å². The minimum Gasteiger partial charge on any atom is -0.306 e. The Kier molecular flexibility index (Phi) is 2.73. The number of H-pyrrole nitrogens is 1. The molecule has 15 heavy (non-hydrogen) atoms. The van der Waals surface area contributed by atoms with E-state index in [0.717, 1.165) is 17.5 Å². The zero-order valence-electron chi connectivity index (χ0n) is 8.57. The van der Waals surface area contributed by atoms with E-state index in [-0.39, 0.29) is 5.56 Å². The van der Waals surface area contributed by atoms with Crippen molar-refractivity contribution in [2.45, 2.75) is 18.5 Å². The molecule has 0 amide bonds. The van der Waals surface area contributed by atoms with Gasteiger partial charge in [-0.3, -0.25) is 4.79 Å². The van der Waals surface area contributed by atoms with Crippen LogP contribution in [-0.4, -0.2) is 21.2 Å². The Morgan fingerprint density at radius 2 is 2.20 bits per heavy atom. The van der Waals surface area contributed by atoms with Gasteiger partial charge in [-0.2, -0.15) is 0 Å². The summed E-state index contributed by atoms with van der Waals surface area (Å²) in [7, 11) is 0. The first-order valence-corrected chi connectivity index (χ1v) is 5.91. The van der Waals surface area contributed by atoms with Gasteiger partial charge in [-0.25, -0.2) is 9.97 Å². The summed E-state index contributed by atoms with van der Waals surface area (Å²) in [6, 6.07) is 3.28. The van der Waals surface area contributed by atoms with Crippen LogP contribution in [-0.2, 0) is 6.42 Å². The molecule has 4 nitrogen and oxygen atoms in total. The minimum absolute atomic E-state index is 0.129. The maximum absolute atomic E-state index is 11.2. The second-order valence-corrected chi connectivity index (χ2v) is 3.87. The third-order valence-corrected chi connectivity index (χ3v) is 2.71. The van der Waals surface area contributed by atoms with Crippen LogP contribution in [0.2, 0.25) is 0 Å². The predicted molar refractivity (Wildman–Crippen MR) is 61.3 cm³/mol. The fourth-order valence-electron chi connectivity index (χ4n) is 1.44. The van der Waals surface area contributed by atoms with Crippen LogP contribution in [0.3, 0.4) is 0 Å². The number of nitrogens with zero attached hydrogens (tertiary/aromatic N) is 2. The van der Waals surface area contributed by atoms with E-state index < -0.39 is 0 Å². The summed E-state index contributed by atoms with van der Waals surface area (Å²) >= 11 is 1.47. The van der Waals surface area contributed by atoms with Crippen molar-refractivity contribution < 1.29 is 0 Å². The lowest BCUT2D eigenvalue weighted by molar-refractivity contribution is 0.913. The quantitative estimate of drug-likeness (QED) is 0.618. The number of nitrogens with one attached hydrogen (secondary N) is 1. The number of aryl methyl sites for hydroxylation is 1. The zero-order valence-corrected chi connectivity index (χ0v) is 9.39. The second kappa shape index (κ2) is 4.02. The predicted octanol–water partition coefficient (Wildman–Crippen LogP) is 1.60. The maximum atomic E-state index is 11.2. The fourth-order valence-corrected chi connectivity index (χ4v) is 1.83. The number of rotatable bonds is 2. The molecule has 0 saturated carbocycles. The van der Waals surface area contributed by atoms with Crippen LogP contribution in [0.5, 0.6) is 0 Å². The van der Waals surface area contributed by atoms with Crippen molar-refractivity contribution in [2.24, 2.45) is 0 Å². The molecule has 1 N–H and O–H groups in total. The smallest absolute Gasteiger partial charge is 0.249 e. The lowest BCUT2D eigenvalue weighted by Crippen LogP contribution is -2.06. The molecule has 0 aliphatic heterocycles. The molecule has 2 aromatic heterocycles. The molecule has 2 heterocycles. The van der Waals surface area contributed by atoms with E-state index in [4.69, 9.17) is 0 Å². The molecular formula is C10H11N3OS. The Labute approximate surface area is 91.2 Å². The Morgan fingerprint density at radius 3 is 2.87 bits per heavy atom. The first-order valence-electron chi connectivity index (χ1n) is 4.68. The molecule has 5 heteroatoms. The maximum Gasteiger partial charge on any atom is 0.249 e. The highest BCUT2D eigenvalue weighted by Crippen LogP contribution is 2.17. The summed E-state index contributed by atoms with van der Waals surface area (Å²) in [4.78, 5) is 22.5. The van der Waals surface area contributed by atoms with Crippen molar-refractivity contribution in [2.75, 3.05) is 6.26 Å². The molecular weight excluding hydrogens is 210 g/mol. The highest BCUT2D eigenvalue weighted by molar-refractivity contribution is 7.98. The van der Waals surface area contributed by atoms with Gasteiger partial charge in [0, 0.05) is 11.5 Å². The number of hydrogen-bond donors (Lipinski definition) is 1. The lowest BCUT2D eigenvalue weighted by atomic mass is 10.2. The van der Waals surface area contributed by atoms with E-state index in [2.05, 4.69) is 15.0 Å². The fraction of sp³-hybridized carbons (Fsp3) is 0.300. The average Bonchev–Trinajstić information content (AvgIpc) is 2.26. The van der Waals surface area contributed by atoms with Crippen molar-refractivity contribution in [3.05, 3.63) is 28.2 Å². The molecule has 0 aromatic carbocycles. The molecule has 0 bridgehead atoms. The molecule has 0 saturated heterocycles. The Hall–Kier alpha value is -1.36. The largest absolute Gasteiger partial charge is 0.306 e. The second-order valence-electron chi connectivity index (χ2n) is 3.10. The van der Waals surface area contributed by atoms with Gasteiger partial charge in [0.25, 0.3) is 0 Å². The van der Waals surface area contributed by atoms with Crippen LogP contribution in [0, 0.1) is 0 Å². The Morgan fingerprint density at radius 1 is 1.40 bits per heavy atom.